The standard InChI is InChI=1S/C40H58O4/c1-25(2)26(3)9-10-27(4)29-17-19-38(8)33-15-14-32-36(5,6)34(18-20-39(32)24-40(33,39)22-21-37(29,38)7)44-35(43)16-12-28-11-13-30(41)31(42)23-28/h11-13,16,23,25,27,29,32-34,41-42H,3,9-10,14-15,17-22,24H2,1-2,4-8H3/b16-12+/t27?,29?,32?,33?,34?,37?,38-,39?,40?/m0/s1. The minimum atomic E-state index is -0.324. The second-order valence-corrected chi connectivity index (χ2v) is 17.3. The second kappa shape index (κ2) is 10.7. The Labute approximate surface area is 266 Å². The Morgan fingerprint density at radius 2 is 1.64 bits per heavy atom. The van der Waals surface area contributed by atoms with Crippen LogP contribution < -0.4 is 0 Å². The molecule has 6 rings (SSSR count). The summed E-state index contributed by atoms with van der Waals surface area (Å²) in [5.74, 6) is 2.90. The fourth-order valence-electron chi connectivity index (χ4n) is 12.4. The van der Waals surface area contributed by atoms with Gasteiger partial charge in [-0.2, -0.15) is 0 Å². The number of aromatic hydroxyl groups is 2. The third-order valence-electron chi connectivity index (χ3n) is 15.2. The van der Waals surface area contributed by atoms with Crippen molar-refractivity contribution in [1.82, 2.24) is 0 Å². The summed E-state index contributed by atoms with van der Waals surface area (Å²) in [7, 11) is 0. The first-order chi connectivity index (χ1) is 20.6. The maximum Gasteiger partial charge on any atom is 0.331 e. The highest BCUT2D eigenvalue weighted by atomic mass is 16.5. The van der Waals surface area contributed by atoms with E-state index in [0.717, 1.165) is 24.2 Å². The normalized spacial score (nSPS) is 40.9. The number of ether oxygens (including phenoxy) is 1. The number of hydrogen-bond acceptors (Lipinski definition) is 4. The van der Waals surface area contributed by atoms with Gasteiger partial charge in [-0.1, -0.05) is 66.7 Å². The van der Waals surface area contributed by atoms with Crippen LogP contribution in [0.25, 0.3) is 6.08 Å². The lowest BCUT2D eigenvalue weighted by Crippen LogP contribution is -2.58. The van der Waals surface area contributed by atoms with Gasteiger partial charge in [-0.25, -0.2) is 4.79 Å². The van der Waals surface area contributed by atoms with Crippen molar-refractivity contribution in [1.29, 1.82) is 0 Å². The Kier molecular flexibility index (Phi) is 7.69. The molecule has 5 aliphatic rings. The van der Waals surface area contributed by atoms with Crippen molar-refractivity contribution in [2.75, 3.05) is 0 Å². The molecule has 0 aliphatic heterocycles. The van der Waals surface area contributed by atoms with Crippen molar-refractivity contribution in [2.45, 2.75) is 125 Å². The number of phenols is 2. The van der Waals surface area contributed by atoms with Crippen LogP contribution in [0.5, 0.6) is 11.5 Å². The van der Waals surface area contributed by atoms with E-state index in [1.54, 1.807) is 12.1 Å². The largest absolute Gasteiger partial charge is 0.504 e. The number of benzene rings is 1. The van der Waals surface area contributed by atoms with Crippen molar-refractivity contribution < 1.29 is 19.7 Å². The minimum Gasteiger partial charge on any atom is -0.504 e. The van der Waals surface area contributed by atoms with E-state index in [2.05, 4.69) is 55.0 Å². The smallest absolute Gasteiger partial charge is 0.331 e. The molecule has 2 spiro atoms. The summed E-state index contributed by atoms with van der Waals surface area (Å²) in [5.41, 5.74) is 3.78. The summed E-state index contributed by atoms with van der Waals surface area (Å²) in [4.78, 5) is 13.0. The van der Waals surface area contributed by atoms with Crippen molar-refractivity contribution in [3.05, 3.63) is 42.0 Å². The van der Waals surface area contributed by atoms with Gasteiger partial charge in [0.1, 0.15) is 6.10 Å². The first kappa shape index (κ1) is 31.7. The van der Waals surface area contributed by atoms with E-state index >= 15 is 0 Å². The fraction of sp³-hybridized carbons (Fsp3) is 0.725. The highest BCUT2D eigenvalue weighted by molar-refractivity contribution is 5.87. The number of carbonyl (C=O) groups is 1. The van der Waals surface area contributed by atoms with E-state index in [0.29, 0.717) is 39.1 Å². The van der Waals surface area contributed by atoms with Gasteiger partial charge in [0, 0.05) is 11.5 Å². The molecule has 9 atom stereocenters. The van der Waals surface area contributed by atoms with Crippen LogP contribution in [0.2, 0.25) is 0 Å². The molecule has 4 nitrogen and oxygen atoms in total. The molecular formula is C40H58O4. The van der Waals surface area contributed by atoms with Crippen molar-refractivity contribution >= 4 is 12.0 Å². The summed E-state index contributed by atoms with van der Waals surface area (Å²) >= 11 is 0. The van der Waals surface area contributed by atoms with Gasteiger partial charge >= 0.3 is 5.97 Å². The SMILES string of the molecule is C=C(CCC(C)C1CC[C@@]2(C)C3CCC4C(C)(C)C(OC(=O)/C=C/c5ccc(O)c(O)c5)CCC45CC35CCC12C)C(C)C. The van der Waals surface area contributed by atoms with E-state index in [9.17, 15) is 15.0 Å². The van der Waals surface area contributed by atoms with Crippen molar-refractivity contribution in [2.24, 2.45) is 56.7 Å². The summed E-state index contributed by atoms with van der Waals surface area (Å²) < 4.78 is 6.18. The van der Waals surface area contributed by atoms with Crippen LogP contribution in [0.15, 0.2) is 36.4 Å². The number of fused-ring (bicyclic) bond motifs is 2. The maximum absolute atomic E-state index is 13.0. The molecule has 5 saturated carbocycles. The summed E-state index contributed by atoms with van der Waals surface area (Å²) in [5, 5.41) is 19.4. The fourth-order valence-corrected chi connectivity index (χ4v) is 12.4. The van der Waals surface area contributed by atoms with E-state index in [1.165, 1.54) is 88.0 Å². The molecule has 4 heteroatoms. The van der Waals surface area contributed by atoms with Gasteiger partial charge in [-0.05, 0) is 146 Å². The highest BCUT2D eigenvalue weighted by Crippen LogP contribution is 2.89. The Hall–Kier alpha value is -2.23. The van der Waals surface area contributed by atoms with Gasteiger partial charge in [-0.15, -0.1) is 0 Å². The van der Waals surface area contributed by atoms with Gasteiger partial charge in [0.2, 0.25) is 0 Å². The number of hydrogen-bond donors (Lipinski definition) is 2. The molecule has 1 aromatic rings. The molecule has 1 aromatic carbocycles. The van der Waals surface area contributed by atoms with Crippen LogP contribution in [-0.4, -0.2) is 22.3 Å². The van der Waals surface area contributed by atoms with Crippen LogP contribution >= 0.6 is 0 Å². The molecule has 0 radical (unpaired) electrons. The number of rotatable bonds is 8. The third-order valence-corrected chi connectivity index (χ3v) is 15.2. The van der Waals surface area contributed by atoms with Gasteiger partial charge in [-0.3, -0.25) is 0 Å². The van der Waals surface area contributed by atoms with Crippen molar-refractivity contribution in [3.63, 3.8) is 0 Å². The van der Waals surface area contributed by atoms with Gasteiger partial charge in [0.25, 0.3) is 0 Å². The lowest BCUT2D eigenvalue weighted by Gasteiger charge is -2.63. The Bertz CT molecular complexity index is 1340. The van der Waals surface area contributed by atoms with Crippen LogP contribution in [0, 0.1) is 56.7 Å². The Morgan fingerprint density at radius 1 is 0.932 bits per heavy atom. The van der Waals surface area contributed by atoms with Crippen LogP contribution in [0.3, 0.4) is 0 Å². The molecule has 0 saturated heterocycles. The Morgan fingerprint density at radius 3 is 2.34 bits per heavy atom. The second-order valence-electron chi connectivity index (χ2n) is 17.3. The van der Waals surface area contributed by atoms with Crippen LogP contribution in [0.1, 0.15) is 125 Å². The van der Waals surface area contributed by atoms with Gasteiger partial charge in [0.15, 0.2) is 11.5 Å². The first-order valence-corrected chi connectivity index (χ1v) is 17.7. The quantitative estimate of drug-likeness (QED) is 0.134. The highest BCUT2D eigenvalue weighted by Gasteiger charge is 2.82. The van der Waals surface area contributed by atoms with Gasteiger partial charge < -0.3 is 14.9 Å². The van der Waals surface area contributed by atoms with Crippen molar-refractivity contribution in [3.8, 4) is 11.5 Å². The minimum absolute atomic E-state index is 0.0553. The van der Waals surface area contributed by atoms with Gasteiger partial charge in [0.05, 0.1) is 0 Å². The third kappa shape index (κ3) is 4.54. The van der Waals surface area contributed by atoms with Crippen LogP contribution in [-0.2, 0) is 9.53 Å². The number of phenolic OH excluding ortho intramolecular Hbond substituents is 2. The average Bonchev–Trinajstić information content (AvgIpc) is 3.55. The molecule has 0 heterocycles. The molecule has 0 bridgehead atoms. The van der Waals surface area contributed by atoms with Crippen LogP contribution in [0.4, 0.5) is 0 Å². The molecule has 0 amide bonds. The Balaban J connectivity index is 1.15. The zero-order valence-electron chi connectivity index (χ0n) is 28.5. The lowest BCUT2D eigenvalue weighted by atomic mass is 9.41. The molecule has 0 aromatic heterocycles. The van der Waals surface area contributed by atoms with E-state index in [-0.39, 0.29) is 29.0 Å². The summed E-state index contributed by atoms with van der Waals surface area (Å²) in [6.45, 7) is 21.6. The zero-order valence-corrected chi connectivity index (χ0v) is 28.5. The molecule has 2 N–H and O–H groups in total. The molecule has 5 fully saturated rings. The maximum atomic E-state index is 13.0. The molecule has 242 valence electrons. The number of carbonyl (C=O) groups excluding carboxylic acids is 1. The van der Waals surface area contributed by atoms with E-state index in [1.807, 2.05) is 0 Å². The lowest BCUT2D eigenvalue weighted by molar-refractivity contribution is -0.179. The monoisotopic (exact) mass is 602 g/mol. The van der Waals surface area contributed by atoms with E-state index in [4.69, 9.17) is 4.74 Å². The first-order valence-electron chi connectivity index (χ1n) is 17.7. The summed E-state index contributed by atoms with van der Waals surface area (Å²) in [6, 6.07) is 4.55. The summed E-state index contributed by atoms with van der Waals surface area (Å²) in [6.07, 6.45) is 17.2. The average molecular weight is 603 g/mol. The zero-order chi connectivity index (χ0) is 31.9. The topological polar surface area (TPSA) is 66.8 Å². The number of esters is 1. The van der Waals surface area contributed by atoms with E-state index < -0.39 is 0 Å². The molecule has 8 unspecified atom stereocenters. The molecular weight excluding hydrogens is 544 g/mol. The predicted molar refractivity (Wildman–Crippen MR) is 178 cm³/mol. The molecule has 44 heavy (non-hydrogen) atoms. The number of allylic oxidation sites excluding steroid dienone is 1. The molecule has 5 aliphatic carbocycles. The predicted octanol–water partition coefficient (Wildman–Crippen LogP) is 10.1.